The number of nitrogens with two attached hydrogens (primary N) is 1. The second kappa shape index (κ2) is 6.21. The predicted octanol–water partition coefficient (Wildman–Crippen LogP) is 2.76. The molecule has 114 valence electrons. The summed E-state index contributed by atoms with van der Waals surface area (Å²) < 4.78 is 41.9. The molecule has 0 saturated carbocycles. The predicted molar refractivity (Wildman–Crippen MR) is 73.7 cm³/mol. The van der Waals surface area contributed by atoms with Crippen LogP contribution in [-0.4, -0.2) is 37.7 Å². The molecule has 0 aliphatic carbocycles. The summed E-state index contributed by atoms with van der Waals surface area (Å²) in [5.74, 6) is -1.44. The van der Waals surface area contributed by atoms with E-state index >= 15 is 0 Å². The molecule has 0 amide bonds. The Labute approximate surface area is 116 Å². The molecular formula is C13H20F3N3O. The highest BCUT2D eigenvalue weighted by atomic mass is 19.3. The maximum absolute atomic E-state index is 13.4. The zero-order valence-corrected chi connectivity index (χ0v) is 12.0. The van der Waals surface area contributed by atoms with Gasteiger partial charge in [0.1, 0.15) is 0 Å². The van der Waals surface area contributed by atoms with Crippen molar-refractivity contribution in [1.29, 1.82) is 0 Å². The van der Waals surface area contributed by atoms with E-state index in [0.717, 1.165) is 12.1 Å². The van der Waals surface area contributed by atoms with Crippen molar-refractivity contribution in [3.05, 3.63) is 17.9 Å². The quantitative estimate of drug-likeness (QED) is 0.791. The number of alkyl halides is 2. The van der Waals surface area contributed by atoms with Crippen LogP contribution in [0.2, 0.25) is 0 Å². The SMILES string of the molecule is CN(C)C(C)(C)CNc1cc(OC(F)F)c(F)cc1N. The second-order valence-electron chi connectivity index (χ2n) is 5.31. The standard InChI is InChI=1S/C13H20F3N3O/c1-13(2,19(3)4)7-18-10-6-11(20-12(15)16)8(14)5-9(10)17/h5-6,12,18H,7,17H2,1-4H3. The Morgan fingerprint density at radius 2 is 1.95 bits per heavy atom. The molecule has 0 saturated heterocycles. The molecule has 0 heterocycles. The molecule has 0 aliphatic rings. The average Bonchev–Trinajstić information content (AvgIpc) is 2.30. The number of likely N-dealkylation sites (N-methyl/N-ethyl adjacent to an activating group) is 1. The minimum atomic E-state index is -3.08. The minimum Gasteiger partial charge on any atom is -0.432 e. The Morgan fingerprint density at radius 3 is 2.45 bits per heavy atom. The van der Waals surface area contributed by atoms with Crippen LogP contribution in [0.5, 0.6) is 5.75 Å². The third kappa shape index (κ3) is 4.19. The van der Waals surface area contributed by atoms with Crippen molar-refractivity contribution >= 4 is 11.4 Å². The zero-order valence-electron chi connectivity index (χ0n) is 12.0. The van der Waals surface area contributed by atoms with Crippen molar-refractivity contribution < 1.29 is 17.9 Å². The molecule has 0 aromatic heterocycles. The van der Waals surface area contributed by atoms with Gasteiger partial charge in [-0.25, -0.2) is 4.39 Å². The smallest absolute Gasteiger partial charge is 0.387 e. The van der Waals surface area contributed by atoms with Crippen molar-refractivity contribution in [2.24, 2.45) is 0 Å². The summed E-state index contributed by atoms with van der Waals surface area (Å²) in [7, 11) is 3.84. The van der Waals surface area contributed by atoms with E-state index in [1.165, 1.54) is 0 Å². The highest BCUT2D eigenvalue weighted by Gasteiger charge is 2.21. The van der Waals surface area contributed by atoms with E-state index in [1.807, 2.05) is 32.8 Å². The van der Waals surface area contributed by atoms with Gasteiger partial charge in [0.2, 0.25) is 0 Å². The monoisotopic (exact) mass is 291 g/mol. The number of anilines is 2. The first kappa shape index (κ1) is 16.4. The Morgan fingerprint density at radius 1 is 1.35 bits per heavy atom. The van der Waals surface area contributed by atoms with Gasteiger partial charge in [-0.1, -0.05) is 0 Å². The Hall–Kier alpha value is -1.63. The number of benzene rings is 1. The van der Waals surface area contributed by atoms with Gasteiger partial charge in [-0.3, -0.25) is 0 Å². The molecule has 0 unspecified atom stereocenters. The summed E-state index contributed by atoms with van der Waals surface area (Å²) >= 11 is 0. The van der Waals surface area contributed by atoms with Crippen LogP contribution < -0.4 is 15.8 Å². The lowest BCUT2D eigenvalue weighted by Crippen LogP contribution is -2.44. The van der Waals surface area contributed by atoms with Crippen LogP contribution in [0.15, 0.2) is 12.1 Å². The van der Waals surface area contributed by atoms with E-state index < -0.39 is 18.2 Å². The number of halogens is 3. The van der Waals surface area contributed by atoms with E-state index in [4.69, 9.17) is 5.73 Å². The van der Waals surface area contributed by atoms with Crippen molar-refractivity contribution in [1.82, 2.24) is 4.90 Å². The zero-order chi connectivity index (χ0) is 15.5. The van der Waals surface area contributed by atoms with Gasteiger partial charge in [-0.05, 0) is 27.9 Å². The molecule has 0 bridgehead atoms. The summed E-state index contributed by atoms with van der Waals surface area (Å²) in [5, 5.41) is 3.02. The van der Waals surface area contributed by atoms with Crippen molar-refractivity contribution in [2.75, 3.05) is 31.7 Å². The van der Waals surface area contributed by atoms with Gasteiger partial charge >= 0.3 is 6.61 Å². The molecule has 0 spiro atoms. The fourth-order valence-corrected chi connectivity index (χ4v) is 1.38. The third-order valence-electron chi connectivity index (χ3n) is 3.24. The number of nitrogen functional groups attached to an aromatic ring is 1. The molecule has 0 atom stereocenters. The molecule has 1 aromatic rings. The lowest BCUT2D eigenvalue weighted by molar-refractivity contribution is -0.0521. The van der Waals surface area contributed by atoms with E-state index in [9.17, 15) is 13.2 Å². The first-order valence-corrected chi connectivity index (χ1v) is 6.08. The van der Waals surface area contributed by atoms with Crippen LogP contribution in [0.1, 0.15) is 13.8 Å². The van der Waals surface area contributed by atoms with E-state index in [-0.39, 0.29) is 11.2 Å². The molecule has 20 heavy (non-hydrogen) atoms. The first-order valence-electron chi connectivity index (χ1n) is 6.08. The maximum Gasteiger partial charge on any atom is 0.387 e. The molecule has 1 rings (SSSR count). The molecule has 3 N–H and O–H groups in total. The van der Waals surface area contributed by atoms with Gasteiger partial charge in [0.15, 0.2) is 11.6 Å². The van der Waals surface area contributed by atoms with Crippen LogP contribution in [0.4, 0.5) is 24.5 Å². The van der Waals surface area contributed by atoms with Crippen molar-refractivity contribution in [3.8, 4) is 5.75 Å². The van der Waals surface area contributed by atoms with Crippen molar-refractivity contribution in [2.45, 2.75) is 26.0 Å². The van der Waals surface area contributed by atoms with Crippen LogP contribution in [0.3, 0.4) is 0 Å². The summed E-state index contributed by atoms with van der Waals surface area (Å²) in [6, 6.07) is 2.10. The Kier molecular flexibility index (Phi) is 5.10. The first-order chi connectivity index (χ1) is 9.13. The molecule has 0 fully saturated rings. The normalized spacial score (nSPS) is 12.1. The second-order valence-corrected chi connectivity index (χ2v) is 5.31. The minimum absolute atomic E-state index is 0.138. The topological polar surface area (TPSA) is 50.5 Å². The van der Waals surface area contributed by atoms with Gasteiger partial charge in [-0.2, -0.15) is 8.78 Å². The summed E-state index contributed by atoms with van der Waals surface area (Å²) in [5.41, 5.74) is 5.97. The fraction of sp³-hybridized carbons (Fsp3) is 0.538. The number of nitrogens with zero attached hydrogens (tertiary/aromatic N) is 1. The Bertz CT molecular complexity index is 464. The fourth-order valence-electron chi connectivity index (χ4n) is 1.38. The average molecular weight is 291 g/mol. The maximum atomic E-state index is 13.4. The van der Waals surface area contributed by atoms with Gasteiger partial charge in [0, 0.05) is 24.2 Å². The van der Waals surface area contributed by atoms with Crippen LogP contribution >= 0.6 is 0 Å². The van der Waals surface area contributed by atoms with E-state index in [0.29, 0.717) is 12.2 Å². The number of rotatable bonds is 6. The van der Waals surface area contributed by atoms with E-state index in [2.05, 4.69) is 10.1 Å². The molecule has 0 radical (unpaired) electrons. The Balaban J connectivity index is 2.90. The molecule has 1 aromatic carbocycles. The number of ether oxygens (including phenoxy) is 1. The third-order valence-corrected chi connectivity index (χ3v) is 3.24. The van der Waals surface area contributed by atoms with E-state index in [1.54, 1.807) is 0 Å². The summed E-state index contributed by atoms with van der Waals surface area (Å²) in [6.07, 6.45) is 0. The highest BCUT2D eigenvalue weighted by Crippen LogP contribution is 2.29. The molecule has 0 aliphatic heterocycles. The van der Waals surface area contributed by atoms with Crippen molar-refractivity contribution in [3.63, 3.8) is 0 Å². The highest BCUT2D eigenvalue weighted by molar-refractivity contribution is 5.68. The van der Waals surface area contributed by atoms with Gasteiger partial charge in [0.05, 0.1) is 11.4 Å². The lowest BCUT2D eigenvalue weighted by Gasteiger charge is -2.33. The molecular weight excluding hydrogens is 271 g/mol. The van der Waals surface area contributed by atoms with Gasteiger partial charge in [0.25, 0.3) is 0 Å². The lowest BCUT2D eigenvalue weighted by atomic mass is 10.0. The van der Waals surface area contributed by atoms with Crippen LogP contribution in [0, 0.1) is 5.82 Å². The molecule has 7 heteroatoms. The summed E-state index contributed by atoms with van der Waals surface area (Å²) in [6.45, 7) is 1.41. The number of nitrogens with one attached hydrogen (secondary N) is 1. The number of hydrogen-bond donors (Lipinski definition) is 2. The summed E-state index contributed by atoms with van der Waals surface area (Å²) in [4.78, 5) is 2.00. The van der Waals surface area contributed by atoms with Gasteiger partial charge < -0.3 is 20.7 Å². The van der Waals surface area contributed by atoms with Crippen LogP contribution in [-0.2, 0) is 0 Å². The molecule has 4 nitrogen and oxygen atoms in total. The number of hydrogen-bond acceptors (Lipinski definition) is 4. The van der Waals surface area contributed by atoms with Crippen LogP contribution in [0.25, 0.3) is 0 Å². The van der Waals surface area contributed by atoms with Gasteiger partial charge in [-0.15, -0.1) is 0 Å². The largest absolute Gasteiger partial charge is 0.432 e.